The van der Waals surface area contributed by atoms with Gasteiger partial charge in [-0.1, -0.05) is 6.92 Å². The third kappa shape index (κ3) is 1.70. The minimum Gasteiger partial charge on any atom is -0.380 e. The summed E-state index contributed by atoms with van der Waals surface area (Å²) in [7, 11) is 0. The highest BCUT2D eigenvalue weighted by Gasteiger charge is 2.50. The second-order valence-corrected chi connectivity index (χ2v) is 4.51. The number of rotatable bonds is 1. The maximum absolute atomic E-state index is 11.7. The molecule has 74 valence electrons. The maximum atomic E-state index is 11.7. The molecule has 3 heteroatoms. The number of nitrogens with zero attached hydrogens (tertiary/aromatic N) is 1. The topological polar surface area (TPSA) is 40.5 Å². The van der Waals surface area contributed by atoms with Crippen LogP contribution in [-0.2, 0) is 4.79 Å². The Bertz CT molecular complexity index is 215. The monoisotopic (exact) mass is 183 g/mol. The molecule has 2 aliphatic rings. The fourth-order valence-electron chi connectivity index (χ4n) is 1.84. The smallest absolute Gasteiger partial charge is 0.254 e. The van der Waals surface area contributed by atoms with Crippen LogP contribution in [0.4, 0.5) is 0 Å². The van der Waals surface area contributed by atoms with Crippen molar-refractivity contribution in [1.29, 1.82) is 0 Å². The predicted molar refractivity (Wildman–Crippen MR) is 49.2 cm³/mol. The third-order valence-electron chi connectivity index (χ3n) is 3.19. The van der Waals surface area contributed by atoms with E-state index in [0.717, 1.165) is 31.8 Å². The molecule has 1 saturated carbocycles. The number of carbonyl (C=O) groups is 1. The molecule has 0 bridgehead atoms. The molecule has 1 aliphatic heterocycles. The first kappa shape index (κ1) is 9.00. The van der Waals surface area contributed by atoms with Gasteiger partial charge in [0, 0.05) is 13.1 Å². The van der Waals surface area contributed by atoms with E-state index in [1.54, 1.807) is 0 Å². The molecule has 0 aromatic rings. The molecule has 0 atom stereocenters. The van der Waals surface area contributed by atoms with Crippen LogP contribution in [-0.4, -0.2) is 34.6 Å². The van der Waals surface area contributed by atoms with E-state index < -0.39 is 5.60 Å². The Labute approximate surface area is 78.7 Å². The fraction of sp³-hybridized carbons (Fsp3) is 0.900. The number of amides is 1. The number of piperidine rings is 1. The van der Waals surface area contributed by atoms with E-state index in [9.17, 15) is 9.90 Å². The lowest BCUT2D eigenvalue weighted by atomic mass is 9.99. The zero-order chi connectivity index (χ0) is 9.47. The molecular formula is C10H17NO2. The highest BCUT2D eigenvalue weighted by atomic mass is 16.3. The molecule has 1 aliphatic carbocycles. The summed E-state index contributed by atoms with van der Waals surface area (Å²) in [5, 5.41) is 9.62. The van der Waals surface area contributed by atoms with Crippen molar-refractivity contribution >= 4 is 5.91 Å². The molecule has 3 nitrogen and oxygen atoms in total. The largest absolute Gasteiger partial charge is 0.380 e. The standard InChI is InChI=1S/C10H17NO2/c1-8-2-6-11(7-3-8)9(12)10(13)4-5-10/h8,13H,2-7H2,1H3. The van der Waals surface area contributed by atoms with Crippen molar-refractivity contribution in [3.8, 4) is 0 Å². The summed E-state index contributed by atoms with van der Waals surface area (Å²) in [5.74, 6) is 0.706. The van der Waals surface area contributed by atoms with Crippen molar-refractivity contribution < 1.29 is 9.90 Å². The maximum Gasteiger partial charge on any atom is 0.254 e. The second-order valence-electron chi connectivity index (χ2n) is 4.51. The van der Waals surface area contributed by atoms with Crippen molar-refractivity contribution in [3.05, 3.63) is 0 Å². The van der Waals surface area contributed by atoms with Crippen LogP contribution in [0.25, 0.3) is 0 Å². The highest BCUT2D eigenvalue weighted by molar-refractivity contribution is 5.87. The Morgan fingerprint density at radius 2 is 1.92 bits per heavy atom. The number of carbonyl (C=O) groups excluding carboxylic acids is 1. The predicted octanol–water partition coefficient (Wildman–Crippen LogP) is 0.770. The molecule has 0 unspecified atom stereocenters. The van der Waals surface area contributed by atoms with Crippen LogP contribution in [0.15, 0.2) is 0 Å². The third-order valence-corrected chi connectivity index (χ3v) is 3.19. The number of likely N-dealkylation sites (tertiary alicyclic amines) is 1. The number of hydrogen-bond acceptors (Lipinski definition) is 2. The van der Waals surface area contributed by atoms with Gasteiger partial charge in [0.05, 0.1) is 0 Å². The molecule has 0 radical (unpaired) electrons. The average Bonchev–Trinajstić information content (AvgIpc) is 2.85. The van der Waals surface area contributed by atoms with Crippen molar-refractivity contribution in [2.75, 3.05) is 13.1 Å². The Kier molecular flexibility index (Phi) is 2.06. The lowest BCUT2D eigenvalue weighted by Crippen LogP contribution is -2.44. The second kappa shape index (κ2) is 2.98. The molecule has 2 fully saturated rings. The lowest BCUT2D eigenvalue weighted by molar-refractivity contribution is -0.143. The van der Waals surface area contributed by atoms with Crippen molar-refractivity contribution in [3.63, 3.8) is 0 Å². The zero-order valence-corrected chi connectivity index (χ0v) is 8.12. The Hall–Kier alpha value is -0.570. The summed E-state index contributed by atoms with van der Waals surface area (Å²) >= 11 is 0. The SMILES string of the molecule is CC1CCN(C(=O)C2(O)CC2)CC1. The van der Waals surface area contributed by atoms with Crippen molar-refractivity contribution in [2.24, 2.45) is 5.92 Å². The molecule has 0 spiro atoms. The summed E-state index contributed by atoms with van der Waals surface area (Å²) < 4.78 is 0. The van der Waals surface area contributed by atoms with E-state index in [-0.39, 0.29) is 5.91 Å². The Morgan fingerprint density at radius 3 is 2.38 bits per heavy atom. The zero-order valence-electron chi connectivity index (χ0n) is 8.12. The molecule has 13 heavy (non-hydrogen) atoms. The number of hydrogen-bond donors (Lipinski definition) is 1. The Morgan fingerprint density at radius 1 is 1.38 bits per heavy atom. The molecular weight excluding hydrogens is 166 g/mol. The van der Waals surface area contributed by atoms with Gasteiger partial charge in [-0.15, -0.1) is 0 Å². The highest BCUT2D eigenvalue weighted by Crippen LogP contribution is 2.37. The first-order valence-corrected chi connectivity index (χ1v) is 5.13. The summed E-state index contributed by atoms with van der Waals surface area (Å²) in [5.41, 5.74) is -0.958. The van der Waals surface area contributed by atoms with Gasteiger partial charge in [0.2, 0.25) is 0 Å². The van der Waals surface area contributed by atoms with Crippen LogP contribution >= 0.6 is 0 Å². The van der Waals surface area contributed by atoms with Crippen LogP contribution in [0, 0.1) is 5.92 Å². The van der Waals surface area contributed by atoms with Gasteiger partial charge in [-0.25, -0.2) is 0 Å². The molecule has 0 aromatic carbocycles. The van der Waals surface area contributed by atoms with Gasteiger partial charge in [-0.2, -0.15) is 0 Å². The molecule has 1 saturated heterocycles. The van der Waals surface area contributed by atoms with E-state index in [1.807, 2.05) is 4.90 Å². The summed E-state index contributed by atoms with van der Waals surface area (Å²) in [6.45, 7) is 3.89. The first-order chi connectivity index (χ1) is 6.12. The molecule has 0 aromatic heterocycles. The van der Waals surface area contributed by atoms with Gasteiger partial charge in [-0.3, -0.25) is 4.79 Å². The summed E-state index contributed by atoms with van der Waals surface area (Å²) in [4.78, 5) is 13.5. The molecule has 1 heterocycles. The molecule has 1 N–H and O–H groups in total. The van der Waals surface area contributed by atoms with Gasteiger partial charge < -0.3 is 10.0 Å². The normalized spacial score (nSPS) is 27.4. The minimum atomic E-state index is -0.958. The molecule has 2 rings (SSSR count). The minimum absolute atomic E-state index is 0.0283. The van der Waals surface area contributed by atoms with E-state index in [4.69, 9.17) is 0 Å². The van der Waals surface area contributed by atoms with Gasteiger partial charge in [-0.05, 0) is 31.6 Å². The summed E-state index contributed by atoms with van der Waals surface area (Å²) in [6.07, 6.45) is 3.50. The molecule has 1 amide bonds. The van der Waals surface area contributed by atoms with Crippen LogP contribution in [0.1, 0.15) is 32.6 Å². The quantitative estimate of drug-likeness (QED) is 0.652. The van der Waals surface area contributed by atoms with Gasteiger partial charge >= 0.3 is 0 Å². The first-order valence-electron chi connectivity index (χ1n) is 5.13. The van der Waals surface area contributed by atoms with E-state index in [1.165, 1.54) is 0 Å². The van der Waals surface area contributed by atoms with E-state index in [2.05, 4.69) is 6.92 Å². The van der Waals surface area contributed by atoms with E-state index >= 15 is 0 Å². The Balaban J connectivity index is 1.91. The van der Waals surface area contributed by atoms with Crippen LogP contribution in [0.3, 0.4) is 0 Å². The van der Waals surface area contributed by atoms with Gasteiger partial charge in [0.25, 0.3) is 5.91 Å². The average molecular weight is 183 g/mol. The summed E-state index contributed by atoms with van der Waals surface area (Å²) in [6, 6.07) is 0. The van der Waals surface area contributed by atoms with Crippen LogP contribution < -0.4 is 0 Å². The van der Waals surface area contributed by atoms with Gasteiger partial charge in [0.1, 0.15) is 5.60 Å². The van der Waals surface area contributed by atoms with E-state index in [0.29, 0.717) is 12.8 Å². The van der Waals surface area contributed by atoms with Crippen LogP contribution in [0.2, 0.25) is 0 Å². The van der Waals surface area contributed by atoms with Crippen LogP contribution in [0.5, 0.6) is 0 Å². The van der Waals surface area contributed by atoms with Gasteiger partial charge in [0.15, 0.2) is 0 Å². The fourth-order valence-corrected chi connectivity index (χ4v) is 1.84. The van der Waals surface area contributed by atoms with Crippen molar-refractivity contribution in [1.82, 2.24) is 4.90 Å². The van der Waals surface area contributed by atoms with Crippen molar-refractivity contribution in [2.45, 2.75) is 38.2 Å². The lowest BCUT2D eigenvalue weighted by Gasteiger charge is -2.31. The number of aliphatic hydroxyl groups is 1.